The van der Waals surface area contributed by atoms with Crippen LogP contribution in [0.4, 0.5) is 5.69 Å². The van der Waals surface area contributed by atoms with Gasteiger partial charge in [-0.15, -0.1) is 0 Å². The molecule has 6 heteroatoms. The molecule has 0 bridgehead atoms. The number of hydrogen-bond acceptors (Lipinski definition) is 4. The molecule has 1 aromatic rings. The van der Waals surface area contributed by atoms with Crippen LogP contribution in [0.5, 0.6) is 0 Å². The van der Waals surface area contributed by atoms with Crippen LogP contribution in [0.25, 0.3) is 0 Å². The Kier molecular flexibility index (Phi) is 4.67. The van der Waals surface area contributed by atoms with E-state index in [2.05, 4.69) is 5.32 Å². The van der Waals surface area contributed by atoms with Crippen LogP contribution in [0, 0.1) is 6.92 Å². The Morgan fingerprint density at radius 3 is 2.45 bits per heavy atom. The average molecular weight is 298 g/mol. The number of hydrogen-bond donors (Lipinski definition) is 2. The van der Waals surface area contributed by atoms with Crippen LogP contribution in [-0.2, 0) is 14.8 Å². The van der Waals surface area contributed by atoms with Crippen molar-refractivity contribution >= 4 is 15.7 Å². The molecule has 1 aliphatic carbocycles. The molecule has 0 atom stereocenters. The third-order valence-corrected chi connectivity index (χ3v) is 5.01. The highest BCUT2D eigenvalue weighted by atomic mass is 32.2. The van der Waals surface area contributed by atoms with E-state index in [0.29, 0.717) is 17.7 Å². The minimum atomic E-state index is -3.67. The van der Waals surface area contributed by atoms with Crippen LogP contribution < -0.4 is 10.5 Å². The number of nitrogens with two attached hydrogens (primary N) is 1. The zero-order chi connectivity index (χ0) is 14.8. The normalized spacial score (nSPS) is 23.6. The first-order valence-electron chi connectivity index (χ1n) is 6.83. The molecule has 0 aliphatic heterocycles. The standard InChI is InChI=1S/C14H22N2O3S/c1-10-13(4-3-5-14(10)20(15,17)18)16-11-6-8-12(19-2)9-7-11/h3-5,11-12,16H,6-9H2,1-2H3,(H2,15,17,18). The van der Waals surface area contributed by atoms with Crippen molar-refractivity contribution < 1.29 is 13.2 Å². The highest BCUT2D eigenvalue weighted by Crippen LogP contribution is 2.27. The first-order valence-corrected chi connectivity index (χ1v) is 8.38. The fourth-order valence-corrected chi connectivity index (χ4v) is 3.55. The number of nitrogens with one attached hydrogen (secondary N) is 1. The minimum Gasteiger partial charge on any atom is -0.382 e. The second kappa shape index (κ2) is 6.11. The molecule has 0 radical (unpaired) electrons. The fraction of sp³-hybridized carbons (Fsp3) is 0.571. The molecule has 1 saturated carbocycles. The minimum absolute atomic E-state index is 0.188. The van der Waals surface area contributed by atoms with Gasteiger partial charge in [-0.1, -0.05) is 6.07 Å². The number of primary sulfonamides is 1. The summed E-state index contributed by atoms with van der Waals surface area (Å²) in [5.74, 6) is 0. The van der Waals surface area contributed by atoms with E-state index >= 15 is 0 Å². The number of benzene rings is 1. The SMILES string of the molecule is COC1CCC(Nc2cccc(S(N)(=O)=O)c2C)CC1. The Morgan fingerprint density at radius 2 is 1.90 bits per heavy atom. The first kappa shape index (κ1) is 15.3. The maximum Gasteiger partial charge on any atom is 0.238 e. The predicted octanol–water partition coefficient (Wildman–Crippen LogP) is 2.01. The Bertz CT molecular complexity index is 564. The van der Waals surface area contributed by atoms with Crippen molar-refractivity contribution in [3.63, 3.8) is 0 Å². The van der Waals surface area contributed by atoms with Gasteiger partial charge in [-0.25, -0.2) is 13.6 Å². The quantitative estimate of drug-likeness (QED) is 0.891. The van der Waals surface area contributed by atoms with Crippen molar-refractivity contribution in [3.8, 4) is 0 Å². The molecule has 20 heavy (non-hydrogen) atoms. The lowest BCUT2D eigenvalue weighted by atomic mass is 9.92. The van der Waals surface area contributed by atoms with Gasteiger partial charge < -0.3 is 10.1 Å². The van der Waals surface area contributed by atoms with Gasteiger partial charge in [-0.3, -0.25) is 0 Å². The summed E-state index contributed by atoms with van der Waals surface area (Å²) in [7, 11) is -1.92. The van der Waals surface area contributed by atoms with E-state index in [1.54, 1.807) is 20.1 Å². The van der Waals surface area contributed by atoms with Crippen LogP contribution in [0.15, 0.2) is 23.1 Å². The number of ether oxygens (including phenoxy) is 1. The molecule has 1 aromatic carbocycles. The highest BCUT2D eigenvalue weighted by molar-refractivity contribution is 7.89. The van der Waals surface area contributed by atoms with Gasteiger partial charge in [0, 0.05) is 18.8 Å². The largest absolute Gasteiger partial charge is 0.382 e. The van der Waals surface area contributed by atoms with Crippen molar-refractivity contribution in [2.24, 2.45) is 5.14 Å². The van der Waals surface area contributed by atoms with E-state index in [1.165, 1.54) is 6.07 Å². The summed E-state index contributed by atoms with van der Waals surface area (Å²) in [6.07, 6.45) is 4.46. The maximum atomic E-state index is 11.5. The third kappa shape index (κ3) is 3.50. The highest BCUT2D eigenvalue weighted by Gasteiger charge is 2.22. The summed E-state index contributed by atoms with van der Waals surface area (Å²) in [6.45, 7) is 1.78. The smallest absolute Gasteiger partial charge is 0.238 e. The molecule has 2 rings (SSSR count). The molecule has 112 valence electrons. The Balaban J connectivity index is 2.11. The van der Waals surface area contributed by atoms with Gasteiger partial charge in [0.1, 0.15) is 0 Å². The van der Waals surface area contributed by atoms with Crippen molar-refractivity contribution in [1.29, 1.82) is 0 Å². The second-order valence-corrected chi connectivity index (χ2v) is 6.86. The van der Waals surface area contributed by atoms with E-state index in [0.717, 1.165) is 31.4 Å². The van der Waals surface area contributed by atoms with Gasteiger partial charge >= 0.3 is 0 Å². The molecule has 0 unspecified atom stereocenters. The lowest BCUT2D eigenvalue weighted by molar-refractivity contribution is 0.0682. The maximum absolute atomic E-state index is 11.5. The average Bonchev–Trinajstić information content (AvgIpc) is 2.40. The summed E-state index contributed by atoms with van der Waals surface area (Å²) in [5, 5.41) is 8.65. The molecule has 0 saturated heterocycles. The van der Waals surface area contributed by atoms with Crippen LogP contribution in [0.2, 0.25) is 0 Å². The Morgan fingerprint density at radius 1 is 1.25 bits per heavy atom. The van der Waals surface area contributed by atoms with Crippen LogP contribution in [0.3, 0.4) is 0 Å². The Labute approximate surface area is 120 Å². The summed E-state index contributed by atoms with van der Waals surface area (Å²) in [6, 6.07) is 5.51. The van der Waals surface area contributed by atoms with E-state index < -0.39 is 10.0 Å². The van der Waals surface area contributed by atoms with Gasteiger partial charge in [0.25, 0.3) is 0 Å². The monoisotopic (exact) mass is 298 g/mol. The van der Waals surface area contributed by atoms with Crippen molar-refractivity contribution in [2.75, 3.05) is 12.4 Å². The molecule has 0 aromatic heterocycles. The molecule has 5 nitrogen and oxygen atoms in total. The van der Waals surface area contributed by atoms with Crippen LogP contribution in [0.1, 0.15) is 31.2 Å². The van der Waals surface area contributed by atoms with Gasteiger partial charge in [0.05, 0.1) is 11.0 Å². The zero-order valence-corrected chi connectivity index (χ0v) is 12.7. The summed E-state index contributed by atoms with van der Waals surface area (Å²) in [5.41, 5.74) is 1.53. The molecule has 1 aliphatic rings. The van der Waals surface area contributed by atoms with Gasteiger partial charge in [-0.2, -0.15) is 0 Å². The lowest BCUT2D eigenvalue weighted by Crippen LogP contribution is -2.29. The van der Waals surface area contributed by atoms with E-state index in [1.807, 2.05) is 6.07 Å². The molecule has 0 spiro atoms. The van der Waals surface area contributed by atoms with Gasteiger partial charge in [-0.05, 0) is 50.3 Å². The van der Waals surface area contributed by atoms with Crippen molar-refractivity contribution in [2.45, 2.75) is 49.6 Å². The topological polar surface area (TPSA) is 81.4 Å². The summed E-state index contributed by atoms with van der Waals surface area (Å²) in [4.78, 5) is 0.188. The Hall–Kier alpha value is -1.11. The van der Waals surface area contributed by atoms with Crippen molar-refractivity contribution in [1.82, 2.24) is 0 Å². The molecular formula is C14H22N2O3S. The molecule has 0 heterocycles. The summed E-state index contributed by atoms with van der Waals surface area (Å²) < 4.78 is 28.4. The predicted molar refractivity (Wildman–Crippen MR) is 79.2 cm³/mol. The van der Waals surface area contributed by atoms with E-state index in [4.69, 9.17) is 9.88 Å². The van der Waals surface area contributed by atoms with Crippen molar-refractivity contribution in [3.05, 3.63) is 23.8 Å². The van der Waals surface area contributed by atoms with Gasteiger partial charge in [0.15, 0.2) is 0 Å². The van der Waals surface area contributed by atoms with Crippen LogP contribution >= 0.6 is 0 Å². The number of sulfonamides is 1. The van der Waals surface area contributed by atoms with E-state index in [-0.39, 0.29) is 4.90 Å². The number of rotatable bonds is 4. The van der Waals surface area contributed by atoms with Gasteiger partial charge in [0.2, 0.25) is 10.0 Å². The lowest BCUT2D eigenvalue weighted by Gasteiger charge is -2.29. The third-order valence-electron chi connectivity index (χ3n) is 3.96. The number of methoxy groups -OCH3 is 1. The molecule has 0 amide bonds. The fourth-order valence-electron chi connectivity index (χ4n) is 2.74. The number of anilines is 1. The zero-order valence-electron chi connectivity index (χ0n) is 11.9. The second-order valence-electron chi connectivity index (χ2n) is 5.33. The summed E-state index contributed by atoms with van der Waals surface area (Å²) >= 11 is 0. The first-order chi connectivity index (χ1) is 9.41. The molecule has 3 N–H and O–H groups in total. The van der Waals surface area contributed by atoms with Crippen LogP contribution in [-0.4, -0.2) is 27.7 Å². The molecule has 1 fully saturated rings. The molecular weight excluding hydrogens is 276 g/mol. The van der Waals surface area contributed by atoms with E-state index in [9.17, 15) is 8.42 Å².